The number of hydrogen-bond donors (Lipinski definition) is 4. The van der Waals surface area contributed by atoms with Crippen LogP contribution in [0.3, 0.4) is 0 Å². The first kappa shape index (κ1) is 26.6. The van der Waals surface area contributed by atoms with Gasteiger partial charge in [0.25, 0.3) is 21.9 Å². The molecule has 1 fully saturated rings. The highest BCUT2D eigenvalue weighted by Crippen LogP contribution is 2.46. The number of hydroxylamine groups is 2. The first-order valence-corrected chi connectivity index (χ1v) is 12.6. The van der Waals surface area contributed by atoms with Crippen molar-refractivity contribution in [2.45, 2.75) is 36.6 Å². The van der Waals surface area contributed by atoms with Crippen LogP contribution in [0.15, 0.2) is 41.3 Å². The molecule has 4 amide bonds. The Morgan fingerprint density at radius 2 is 1.66 bits per heavy atom. The normalized spacial score (nSPS) is 16.9. The molecule has 0 bridgehead atoms. The molecular formula is C23H21N3O11S. The van der Waals surface area contributed by atoms with Gasteiger partial charge in [-0.25, -0.2) is 9.59 Å². The first-order valence-electron chi connectivity index (χ1n) is 11.1. The fourth-order valence-electron chi connectivity index (χ4n) is 4.17. The largest absolute Gasteiger partial charge is 0.533 e. The number of ether oxygens (including phenoxy) is 1. The number of fused-ring (bicyclic) bond motifs is 3. The molecule has 0 spiro atoms. The van der Waals surface area contributed by atoms with Crippen LogP contribution in [0.1, 0.15) is 36.8 Å². The lowest BCUT2D eigenvalue weighted by atomic mass is 9.97. The third-order valence-electron chi connectivity index (χ3n) is 5.95. The molecule has 4 N–H and O–H groups in total. The van der Waals surface area contributed by atoms with Gasteiger partial charge in [0.15, 0.2) is 0 Å². The van der Waals surface area contributed by atoms with Gasteiger partial charge in [0, 0.05) is 24.4 Å². The van der Waals surface area contributed by atoms with Crippen molar-refractivity contribution in [1.29, 1.82) is 0 Å². The van der Waals surface area contributed by atoms with Gasteiger partial charge in [0.05, 0.1) is 4.90 Å². The van der Waals surface area contributed by atoms with E-state index in [0.29, 0.717) is 27.3 Å². The Hall–Kier alpha value is -4.50. The van der Waals surface area contributed by atoms with Gasteiger partial charge in [-0.1, -0.05) is 17.2 Å². The zero-order chi connectivity index (χ0) is 27.8. The Labute approximate surface area is 215 Å². The highest BCUT2D eigenvalue weighted by atomic mass is 32.2. The van der Waals surface area contributed by atoms with Crippen LogP contribution in [0.5, 0.6) is 0 Å². The molecule has 38 heavy (non-hydrogen) atoms. The quantitative estimate of drug-likeness (QED) is 0.223. The second-order valence-corrected chi connectivity index (χ2v) is 9.89. The molecule has 0 saturated carbocycles. The summed E-state index contributed by atoms with van der Waals surface area (Å²) in [6.45, 7) is 0.931. The van der Waals surface area contributed by atoms with E-state index in [1.54, 1.807) is 18.2 Å². The maximum atomic E-state index is 12.4. The summed E-state index contributed by atoms with van der Waals surface area (Å²) in [5.41, 5.74) is 2.34. The second-order valence-electron chi connectivity index (χ2n) is 8.47. The number of hydrogen-bond acceptors (Lipinski definition) is 9. The molecule has 2 unspecified atom stereocenters. The standard InChI is InChI=1S/C23H21N3O11S/c1-11(24-22(30)31)21(29)25-12-2-4-14-15-5-3-13(38(33,34)35)9-17(15)18(16(14)8-12)10-36-23(32)37-26-19(27)6-7-20(26)28/h2-5,8-9,11,18,24H,6-7,10H2,1H3,(H,25,29)(H,30,31)(H,33,34,35). The predicted molar refractivity (Wildman–Crippen MR) is 126 cm³/mol. The molecule has 0 radical (unpaired) electrons. The molecule has 200 valence electrons. The Bertz CT molecular complexity index is 1450. The highest BCUT2D eigenvalue weighted by molar-refractivity contribution is 7.85. The van der Waals surface area contributed by atoms with Crippen molar-refractivity contribution in [2.75, 3.05) is 11.9 Å². The number of rotatable bonds is 7. The van der Waals surface area contributed by atoms with Gasteiger partial charge in [-0.3, -0.25) is 23.8 Å². The number of nitrogens with zero attached hydrogens (tertiary/aromatic N) is 1. The van der Waals surface area contributed by atoms with Crippen LogP contribution in [-0.4, -0.2) is 65.8 Å². The summed E-state index contributed by atoms with van der Waals surface area (Å²) in [5.74, 6) is -2.85. The molecule has 2 atom stereocenters. The Morgan fingerprint density at radius 3 is 2.26 bits per heavy atom. The lowest BCUT2D eigenvalue weighted by Crippen LogP contribution is -2.40. The fourth-order valence-corrected chi connectivity index (χ4v) is 4.68. The number of carbonyl (C=O) groups excluding carboxylic acids is 4. The third-order valence-corrected chi connectivity index (χ3v) is 6.80. The van der Waals surface area contributed by atoms with E-state index in [4.69, 9.17) is 14.7 Å². The number of carboxylic acid groups (broad SMARTS) is 1. The van der Waals surface area contributed by atoms with Crippen molar-refractivity contribution in [1.82, 2.24) is 10.4 Å². The monoisotopic (exact) mass is 547 g/mol. The van der Waals surface area contributed by atoms with E-state index in [9.17, 15) is 36.9 Å². The van der Waals surface area contributed by atoms with Crippen molar-refractivity contribution in [3.05, 3.63) is 47.5 Å². The van der Waals surface area contributed by atoms with E-state index in [-0.39, 0.29) is 18.5 Å². The molecule has 14 nitrogen and oxygen atoms in total. The minimum absolute atomic E-state index is 0.108. The molecule has 4 rings (SSSR count). The number of imide groups is 1. The summed E-state index contributed by atoms with van der Waals surface area (Å²) >= 11 is 0. The second kappa shape index (κ2) is 10.1. The molecule has 1 heterocycles. The van der Waals surface area contributed by atoms with Crippen LogP contribution >= 0.6 is 0 Å². The van der Waals surface area contributed by atoms with Crippen molar-refractivity contribution in [2.24, 2.45) is 0 Å². The Kier molecular flexibility index (Phi) is 7.06. The maximum absolute atomic E-state index is 12.4. The predicted octanol–water partition coefficient (Wildman–Crippen LogP) is 1.86. The molecule has 0 aromatic heterocycles. The van der Waals surface area contributed by atoms with Gasteiger partial charge in [-0.05, 0) is 53.4 Å². The lowest BCUT2D eigenvalue weighted by molar-refractivity contribution is -0.177. The number of carbonyl (C=O) groups is 5. The topological polar surface area (TPSA) is 206 Å². The Morgan fingerprint density at radius 1 is 1.05 bits per heavy atom. The highest BCUT2D eigenvalue weighted by Gasteiger charge is 2.35. The molecule has 2 aromatic rings. The minimum Gasteiger partial charge on any atom is -0.465 e. The molecule has 2 aliphatic rings. The van der Waals surface area contributed by atoms with E-state index in [0.717, 1.165) is 0 Å². The zero-order valence-electron chi connectivity index (χ0n) is 19.7. The van der Waals surface area contributed by atoms with Gasteiger partial charge in [0.2, 0.25) is 5.91 Å². The van der Waals surface area contributed by atoms with Gasteiger partial charge in [-0.15, -0.1) is 0 Å². The molecule has 1 aliphatic carbocycles. The number of amides is 4. The Balaban J connectivity index is 1.61. The summed E-state index contributed by atoms with van der Waals surface area (Å²) in [7, 11) is -4.56. The third kappa shape index (κ3) is 5.42. The van der Waals surface area contributed by atoms with Crippen LogP contribution < -0.4 is 10.6 Å². The molecule has 15 heteroatoms. The summed E-state index contributed by atoms with van der Waals surface area (Å²) in [5, 5.41) is 13.7. The van der Waals surface area contributed by atoms with Gasteiger partial charge in [-0.2, -0.15) is 8.42 Å². The van der Waals surface area contributed by atoms with E-state index in [1.165, 1.54) is 25.1 Å². The van der Waals surface area contributed by atoms with Crippen molar-refractivity contribution in [3.8, 4) is 11.1 Å². The van der Waals surface area contributed by atoms with Crippen molar-refractivity contribution < 1.29 is 51.6 Å². The van der Waals surface area contributed by atoms with Gasteiger partial charge < -0.3 is 20.5 Å². The average molecular weight is 547 g/mol. The summed E-state index contributed by atoms with van der Waals surface area (Å²) in [6.07, 6.45) is -2.94. The van der Waals surface area contributed by atoms with Crippen LogP contribution in [0, 0.1) is 0 Å². The lowest BCUT2D eigenvalue weighted by Gasteiger charge is -2.17. The van der Waals surface area contributed by atoms with Crippen molar-refractivity contribution >= 4 is 45.8 Å². The van der Waals surface area contributed by atoms with E-state index >= 15 is 0 Å². The van der Waals surface area contributed by atoms with E-state index in [1.807, 2.05) is 5.32 Å². The van der Waals surface area contributed by atoms with Gasteiger partial charge in [0.1, 0.15) is 12.6 Å². The van der Waals surface area contributed by atoms with Gasteiger partial charge >= 0.3 is 12.2 Å². The van der Waals surface area contributed by atoms with Crippen LogP contribution in [0.4, 0.5) is 15.3 Å². The molecular weight excluding hydrogens is 526 g/mol. The van der Waals surface area contributed by atoms with Crippen LogP contribution in [0.2, 0.25) is 0 Å². The maximum Gasteiger partial charge on any atom is 0.533 e. The summed E-state index contributed by atoms with van der Waals surface area (Å²) < 4.78 is 38.1. The van der Waals surface area contributed by atoms with E-state index < -0.39 is 63.6 Å². The SMILES string of the molecule is CC(NC(=O)O)C(=O)Nc1ccc2c(c1)C(COC(=O)ON1C(=O)CCC1=O)c1cc(S(=O)(=O)O)ccc1-2. The van der Waals surface area contributed by atoms with Crippen molar-refractivity contribution in [3.63, 3.8) is 0 Å². The number of anilines is 1. The smallest absolute Gasteiger partial charge is 0.465 e. The fraction of sp³-hybridized carbons (Fsp3) is 0.261. The zero-order valence-corrected chi connectivity index (χ0v) is 20.5. The minimum atomic E-state index is -4.56. The van der Waals surface area contributed by atoms with E-state index in [2.05, 4.69) is 5.32 Å². The molecule has 2 aromatic carbocycles. The number of benzene rings is 2. The van der Waals surface area contributed by atoms with Crippen LogP contribution in [0.25, 0.3) is 11.1 Å². The summed E-state index contributed by atoms with van der Waals surface area (Å²) in [6, 6.07) is 7.54. The number of nitrogens with one attached hydrogen (secondary N) is 2. The molecule has 1 saturated heterocycles. The molecule has 1 aliphatic heterocycles. The summed E-state index contributed by atoms with van der Waals surface area (Å²) in [4.78, 5) is 63.1. The first-order chi connectivity index (χ1) is 17.8. The average Bonchev–Trinajstić information content (AvgIpc) is 3.32. The van der Waals surface area contributed by atoms with Crippen LogP contribution in [-0.2, 0) is 34.1 Å².